The number of benzene rings is 2. The molecule has 0 aromatic heterocycles. The Hall–Kier alpha value is -2.24. The van der Waals surface area contributed by atoms with E-state index in [-0.39, 0.29) is 12.0 Å². The van der Waals surface area contributed by atoms with Crippen LogP contribution in [0.15, 0.2) is 42.5 Å². The second kappa shape index (κ2) is 10.6. The fraction of sp³-hybridized carbons (Fsp3) is 0.500. The van der Waals surface area contributed by atoms with Gasteiger partial charge in [-0.2, -0.15) is 0 Å². The highest BCUT2D eigenvalue weighted by Gasteiger charge is 2.44. The fourth-order valence-electron chi connectivity index (χ4n) is 4.94. The van der Waals surface area contributed by atoms with Gasteiger partial charge in [-0.05, 0) is 60.6 Å². The van der Waals surface area contributed by atoms with E-state index in [9.17, 15) is 25.5 Å². The Labute approximate surface area is 200 Å². The lowest BCUT2D eigenvalue weighted by Gasteiger charge is -2.40. The molecular weight excluding hydrogens is 432 g/mol. The molecule has 1 saturated carbocycles. The van der Waals surface area contributed by atoms with Crippen molar-refractivity contribution in [2.24, 2.45) is 5.41 Å². The highest BCUT2D eigenvalue weighted by molar-refractivity contribution is 5.41. The summed E-state index contributed by atoms with van der Waals surface area (Å²) in [5, 5.41) is 49.9. The predicted octanol–water partition coefficient (Wildman–Crippen LogP) is 2.00. The first-order valence-electron chi connectivity index (χ1n) is 12.0. The SMILES string of the molecule is Cc1ccc([C@@H]2O[C@H](CO)[C@@H](O)[C@H](O)[C@H]2O)cc1Cc1ccc(C#CC2(CO)CCCC2)cc1. The summed E-state index contributed by atoms with van der Waals surface area (Å²) in [6, 6.07) is 13.8. The van der Waals surface area contributed by atoms with Gasteiger partial charge in [0, 0.05) is 5.56 Å². The molecule has 2 aromatic carbocycles. The molecule has 6 heteroatoms. The van der Waals surface area contributed by atoms with Crippen molar-refractivity contribution in [1.82, 2.24) is 0 Å². The summed E-state index contributed by atoms with van der Waals surface area (Å²) in [5.74, 6) is 6.54. The van der Waals surface area contributed by atoms with Crippen LogP contribution in [-0.2, 0) is 11.2 Å². The Morgan fingerprint density at radius 1 is 0.941 bits per heavy atom. The Morgan fingerprint density at radius 2 is 1.65 bits per heavy atom. The van der Waals surface area contributed by atoms with E-state index in [1.54, 1.807) is 0 Å². The second-order valence-electron chi connectivity index (χ2n) is 9.70. The number of aryl methyl sites for hydroxylation is 1. The molecule has 34 heavy (non-hydrogen) atoms. The molecule has 2 fully saturated rings. The molecule has 182 valence electrons. The van der Waals surface area contributed by atoms with Crippen molar-refractivity contribution >= 4 is 0 Å². The molecule has 2 aromatic rings. The van der Waals surface area contributed by atoms with Crippen LogP contribution < -0.4 is 0 Å². The van der Waals surface area contributed by atoms with Gasteiger partial charge in [0.05, 0.1) is 18.6 Å². The third-order valence-electron chi connectivity index (χ3n) is 7.28. The quantitative estimate of drug-likeness (QED) is 0.431. The standard InChI is InChI=1S/C28H34O6/c1-18-4-9-21(27-26(33)25(32)24(31)23(16-29)34-27)15-22(18)14-20-7-5-19(6-8-20)10-13-28(17-30)11-2-3-12-28/h4-9,15,23-27,29-33H,2-3,11-12,14,16-17H2,1H3/t23-,24-,25+,26-,27+/m1/s1. The number of hydrogen-bond acceptors (Lipinski definition) is 6. The Balaban J connectivity index is 1.50. The Bertz CT molecular complexity index is 1030. The maximum absolute atomic E-state index is 10.5. The molecule has 4 rings (SSSR count). The summed E-state index contributed by atoms with van der Waals surface area (Å²) in [5.41, 5.74) is 4.61. The summed E-state index contributed by atoms with van der Waals surface area (Å²) in [6.45, 7) is 1.68. The van der Waals surface area contributed by atoms with Gasteiger partial charge in [-0.1, -0.05) is 55.0 Å². The third kappa shape index (κ3) is 5.21. The zero-order valence-electron chi connectivity index (χ0n) is 19.5. The molecule has 2 aliphatic rings. The fourth-order valence-corrected chi connectivity index (χ4v) is 4.94. The minimum absolute atomic E-state index is 0.113. The largest absolute Gasteiger partial charge is 0.395 e. The smallest absolute Gasteiger partial charge is 0.113 e. The van der Waals surface area contributed by atoms with Crippen LogP contribution in [0, 0.1) is 24.2 Å². The second-order valence-corrected chi connectivity index (χ2v) is 9.70. The average Bonchev–Trinajstić information content (AvgIpc) is 3.33. The molecule has 0 amide bonds. The summed E-state index contributed by atoms with van der Waals surface area (Å²) in [4.78, 5) is 0. The summed E-state index contributed by atoms with van der Waals surface area (Å²) in [7, 11) is 0. The molecule has 0 spiro atoms. The zero-order valence-corrected chi connectivity index (χ0v) is 19.5. The lowest BCUT2D eigenvalue weighted by atomic mass is 9.88. The van der Waals surface area contributed by atoms with E-state index in [1.165, 1.54) is 0 Å². The number of ether oxygens (including phenoxy) is 1. The van der Waals surface area contributed by atoms with Crippen molar-refractivity contribution in [3.8, 4) is 11.8 Å². The van der Waals surface area contributed by atoms with E-state index in [1.807, 2.05) is 49.4 Å². The number of aliphatic hydroxyl groups excluding tert-OH is 5. The molecule has 0 unspecified atom stereocenters. The van der Waals surface area contributed by atoms with Gasteiger partial charge in [0.15, 0.2) is 0 Å². The van der Waals surface area contributed by atoms with Crippen LogP contribution in [0.1, 0.15) is 59.6 Å². The van der Waals surface area contributed by atoms with Gasteiger partial charge in [-0.15, -0.1) is 0 Å². The predicted molar refractivity (Wildman–Crippen MR) is 128 cm³/mol. The number of hydrogen-bond donors (Lipinski definition) is 5. The molecule has 0 radical (unpaired) electrons. The highest BCUT2D eigenvalue weighted by Crippen LogP contribution is 2.37. The van der Waals surface area contributed by atoms with Gasteiger partial charge in [-0.25, -0.2) is 0 Å². The van der Waals surface area contributed by atoms with E-state index < -0.39 is 37.1 Å². The summed E-state index contributed by atoms with van der Waals surface area (Å²) >= 11 is 0. The highest BCUT2D eigenvalue weighted by atomic mass is 16.5. The first kappa shape index (κ1) is 24.9. The van der Waals surface area contributed by atoms with Crippen molar-refractivity contribution in [2.75, 3.05) is 13.2 Å². The van der Waals surface area contributed by atoms with Gasteiger partial charge in [-0.3, -0.25) is 0 Å². The summed E-state index contributed by atoms with van der Waals surface area (Å²) < 4.78 is 5.72. The molecule has 1 aliphatic heterocycles. The maximum atomic E-state index is 10.5. The summed E-state index contributed by atoms with van der Waals surface area (Å²) in [6.07, 6.45) is -1.02. The van der Waals surface area contributed by atoms with E-state index >= 15 is 0 Å². The van der Waals surface area contributed by atoms with Gasteiger partial charge < -0.3 is 30.3 Å². The van der Waals surface area contributed by atoms with Crippen molar-refractivity contribution in [3.05, 3.63) is 70.3 Å². The number of rotatable bonds is 5. The van der Waals surface area contributed by atoms with Crippen LogP contribution in [0.4, 0.5) is 0 Å². The van der Waals surface area contributed by atoms with Crippen LogP contribution in [0.25, 0.3) is 0 Å². The van der Waals surface area contributed by atoms with Crippen LogP contribution >= 0.6 is 0 Å². The van der Waals surface area contributed by atoms with Gasteiger partial charge >= 0.3 is 0 Å². The van der Waals surface area contributed by atoms with Crippen LogP contribution in [-0.4, -0.2) is 63.2 Å². The van der Waals surface area contributed by atoms with Crippen molar-refractivity contribution in [2.45, 2.75) is 69.5 Å². The van der Waals surface area contributed by atoms with Crippen LogP contribution in [0.3, 0.4) is 0 Å². The van der Waals surface area contributed by atoms with Crippen molar-refractivity contribution in [1.29, 1.82) is 0 Å². The molecule has 6 nitrogen and oxygen atoms in total. The Morgan fingerprint density at radius 3 is 2.29 bits per heavy atom. The topological polar surface area (TPSA) is 110 Å². The molecule has 1 heterocycles. The first-order chi connectivity index (χ1) is 16.4. The van der Waals surface area contributed by atoms with E-state index in [0.29, 0.717) is 12.0 Å². The normalized spacial score (nSPS) is 28.4. The molecule has 5 N–H and O–H groups in total. The van der Waals surface area contributed by atoms with Crippen LogP contribution in [0.2, 0.25) is 0 Å². The molecule has 1 saturated heterocycles. The number of aliphatic hydroxyl groups is 5. The minimum Gasteiger partial charge on any atom is -0.395 e. The average molecular weight is 467 g/mol. The molecular formula is C28H34O6. The maximum Gasteiger partial charge on any atom is 0.113 e. The lowest BCUT2D eigenvalue weighted by molar-refractivity contribution is -0.231. The monoisotopic (exact) mass is 466 g/mol. The zero-order chi connectivity index (χ0) is 24.3. The Kier molecular flexibility index (Phi) is 7.73. The minimum atomic E-state index is -1.40. The molecule has 5 atom stereocenters. The third-order valence-corrected chi connectivity index (χ3v) is 7.28. The first-order valence-corrected chi connectivity index (χ1v) is 12.0. The lowest BCUT2D eigenvalue weighted by Crippen LogP contribution is -2.55. The van der Waals surface area contributed by atoms with Crippen LogP contribution in [0.5, 0.6) is 0 Å². The van der Waals surface area contributed by atoms with Crippen molar-refractivity contribution < 1.29 is 30.3 Å². The van der Waals surface area contributed by atoms with Gasteiger partial charge in [0.2, 0.25) is 0 Å². The van der Waals surface area contributed by atoms with E-state index in [0.717, 1.165) is 47.9 Å². The van der Waals surface area contributed by atoms with E-state index in [2.05, 4.69) is 11.8 Å². The molecule has 0 bridgehead atoms. The van der Waals surface area contributed by atoms with Gasteiger partial charge in [0.1, 0.15) is 30.5 Å². The van der Waals surface area contributed by atoms with Gasteiger partial charge in [0.25, 0.3) is 0 Å². The molecule has 1 aliphatic carbocycles. The van der Waals surface area contributed by atoms with Crippen molar-refractivity contribution in [3.63, 3.8) is 0 Å². The van der Waals surface area contributed by atoms with E-state index in [4.69, 9.17) is 4.74 Å².